The van der Waals surface area contributed by atoms with E-state index in [-0.39, 0.29) is 17.5 Å². The van der Waals surface area contributed by atoms with Crippen LogP contribution in [-0.2, 0) is 0 Å². The van der Waals surface area contributed by atoms with Gasteiger partial charge in [0, 0.05) is 6.07 Å². The number of fused-ring (bicyclic) bond motifs is 1. The van der Waals surface area contributed by atoms with Crippen LogP contribution in [0.25, 0.3) is 5.65 Å². The first kappa shape index (κ1) is 13.3. The molecule has 0 radical (unpaired) electrons. The van der Waals surface area contributed by atoms with E-state index >= 15 is 0 Å². The first-order valence-electron chi connectivity index (χ1n) is 6.50. The minimum Gasteiger partial charge on any atom is -0.363 e. The van der Waals surface area contributed by atoms with Crippen molar-refractivity contribution in [3.05, 3.63) is 58.0 Å². The number of anilines is 1. The van der Waals surface area contributed by atoms with Crippen LogP contribution in [0.4, 0.5) is 10.2 Å². The van der Waals surface area contributed by atoms with E-state index < -0.39 is 0 Å². The predicted octanol–water partition coefficient (Wildman–Crippen LogP) is 2.04. The van der Waals surface area contributed by atoms with Gasteiger partial charge in [0.15, 0.2) is 5.65 Å². The van der Waals surface area contributed by atoms with Crippen molar-refractivity contribution in [3.8, 4) is 0 Å². The fourth-order valence-electron chi connectivity index (χ4n) is 2.07. The summed E-state index contributed by atoms with van der Waals surface area (Å²) in [6.07, 6.45) is 1.39. The van der Waals surface area contributed by atoms with E-state index in [1.165, 1.54) is 16.8 Å². The van der Waals surface area contributed by atoms with Crippen molar-refractivity contribution in [2.45, 2.75) is 19.9 Å². The molecule has 2 heterocycles. The Morgan fingerprint density at radius 2 is 2.19 bits per heavy atom. The Hall–Kier alpha value is -2.70. The Balaban J connectivity index is 1.86. The van der Waals surface area contributed by atoms with Gasteiger partial charge in [-0.3, -0.25) is 0 Å². The highest BCUT2D eigenvalue weighted by atomic mass is 19.1. The van der Waals surface area contributed by atoms with Gasteiger partial charge in [0.25, 0.3) is 0 Å². The number of aromatic nitrogens is 4. The van der Waals surface area contributed by atoms with Crippen molar-refractivity contribution in [3.63, 3.8) is 0 Å². The second kappa shape index (κ2) is 5.01. The van der Waals surface area contributed by atoms with Gasteiger partial charge in [-0.05, 0) is 31.0 Å². The molecule has 0 saturated heterocycles. The summed E-state index contributed by atoms with van der Waals surface area (Å²) in [5.41, 5.74) is 1.57. The largest absolute Gasteiger partial charge is 0.363 e. The minimum absolute atomic E-state index is 0.124. The summed E-state index contributed by atoms with van der Waals surface area (Å²) in [4.78, 5) is 15.5. The fourth-order valence-corrected chi connectivity index (χ4v) is 2.07. The molecular weight excluding hydrogens is 273 g/mol. The average molecular weight is 287 g/mol. The van der Waals surface area contributed by atoms with Gasteiger partial charge >= 0.3 is 5.69 Å². The quantitative estimate of drug-likeness (QED) is 0.773. The number of halogens is 1. The first-order chi connectivity index (χ1) is 10.0. The summed E-state index contributed by atoms with van der Waals surface area (Å²) in [6.45, 7) is 3.63. The topological polar surface area (TPSA) is 75.1 Å². The van der Waals surface area contributed by atoms with Crippen LogP contribution >= 0.6 is 0 Å². The number of hydrogen-bond donors (Lipinski definition) is 2. The molecule has 3 rings (SSSR count). The maximum atomic E-state index is 13.6. The lowest BCUT2D eigenvalue weighted by Crippen LogP contribution is -2.12. The van der Waals surface area contributed by atoms with E-state index in [4.69, 9.17) is 0 Å². The molecule has 1 atom stereocenters. The Labute approximate surface area is 119 Å². The molecule has 0 fully saturated rings. The molecule has 2 N–H and O–H groups in total. The number of nitrogens with zero attached hydrogens (tertiary/aromatic N) is 3. The van der Waals surface area contributed by atoms with Crippen molar-refractivity contribution in [1.82, 2.24) is 19.6 Å². The lowest BCUT2D eigenvalue weighted by atomic mass is 10.1. The lowest BCUT2D eigenvalue weighted by molar-refractivity contribution is 0.614. The third-order valence-electron chi connectivity index (χ3n) is 3.37. The summed E-state index contributed by atoms with van der Waals surface area (Å²) >= 11 is 0. The third kappa shape index (κ3) is 2.49. The molecule has 0 saturated carbocycles. The molecule has 21 heavy (non-hydrogen) atoms. The van der Waals surface area contributed by atoms with Crippen LogP contribution in [0.15, 0.2) is 35.4 Å². The molecular formula is C14H14FN5O. The van der Waals surface area contributed by atoms with Crippen molar-refractivity contribution < 1.29 is 4.39 Å². The van der Waals surface area contributed by atoms with E-state index in [9.17, 15) is 9.18 Å². The molecule has 0 aliphatic rings. The highest BCUT2D eigenvalue weighted by Crippen LogP contribution is 2.20. The van der Waals surface area contributed by atoms with Crippen LogP contribution in [0.2, 0.25) is 0 Å². The van der Waals surface area contributed by atoms with Gasteiger partial charge in [-0.1, -0.05) is 12.1 Å². The zero-order valence-electron chi connectivity index (χ0n) is 11.6. The molecule has 0 aliphatic heterocycles. The van der Waals surface area contributed by atoms with E-state index in [1.54, 1.807) is 19.1 Å². The SMILES string of the molecule is Cc1ccc(C(C)Nc2cc3n[nH]c(=O)n3cn2)cc1F. The first-order valence-corrected chi connectivity index (χ1v) is 6.50. The summed E-state index contributed by atoms with van der Waals surface area (Å²) in [5.74, 6) is 0.332. The van der Waals surface area contributed by atoms with Gasteiger partial charge < -0.3 is 5.32 Å². The smallest absolute Gasteiger partial charge is 0.348 e. The Morgan fingerprint density at radius 1 is 1.38 bits per heavy atom. The van der Waals surface area contributed by atoms with Crippen molar-refractivity contribution in [1.29, 1.82) is 0 Å². The number of nitrogens with one attached hydrogen (secondary N) is 2. The molecule has 1 unspecified atom stereocenters. The van der Waals surface area contributed by atoms with E-state index in [0.29, 0.717) is 17.0 Å². The maximum Gasteiger partial charge on any atom is 0.348 e. The molecule has 0 bridgehead atoms. The highest BCUT2D eigenvalue weighted by Gasteiger charge is 2.09. The van der Waals surface area contributed by atoms with Crippen molar-refractivity contribution >= 4 is 11.5 Å². The molecule has 7 heteroatoms. The Morgan fingerprint density at radius 3 is 2.95 bits per heavy atom. The number of aryl methyl sites for hydroxylation is 1. The number of aromatic amines is 1. The van der Waals surface area contributed by atoms with Crippen LogP contribution in [-0.4, -0.2) is 19.6 Å². The van der Waals surface area contributed by atoms with Gasteiger partial charge in [0.1, 0.15) is 18.0 Å². The summed E-state index contributed by atoms with van der Waals surface area (Å²) in [7, 11) is 0. The van der Waals surface area contributed by atoms with Gasteiger partial charge in [0.05, 0.1) is 6.04 Å². The standard InChI is InChI=1S/C14H14FN5O/c1-8-3-4-10(5-11(8)15)9(2)17-12-6-13-18-19-14(21)20(13)7-16-12/h3-7,9,17H,1-2H3,(H,19,21). The van der Waals surface area contributed by atoms with Crippen LogP contribution < -0.4 is 11.0 Å². The summed E-state index contributed by atoms with van der Waals surface area (Å²) in [5, 5.41) is 9.37. The third-order valence-corrected chi connectivity index (χ3v) is 3.37. The zero-order chi connectivity index (χ0) is 15.0. The summed E-state index contributed by atoms with van der Waals surface area (Å²) < 4.78 is 14.9. The molecule has 2 aromatic heterocycles. The van der Waals surface area contributed by atoms with Crippen LogP contribution in [0.1, 0.15) is 24.1 Å². The fraction of sp³-hybridized carbons (Fsp3) is 0.214. The van der Waals surface area contributed by atoms with Crippen LogP contribution in [0.5, 0.6) is 0 Å². The van der Waals surface area contributed by atoms with Crippen LogP contribution in [0, 0.1) is 12.7 Å². The molecule has 3 aromatic rings. The number of H-pyrrole nitrogens is 1. The van der Waals surface area contributed by atoms with E-state index in [1.807, 2.05) is 13.0 Å². The van der Waals surface area contributed by atoms with Gasteiger partial charge in [0.2, 0.25) is 0 Å². The Bertz CT molecular complexity index is 854. The van der Waals surface area contributed by atoms with Crippen molar-refractivity contribution in [2.24, 2.45) is 0 Å². The molecule has 6 nitrogen and oxygen atoms in total. The van der Waals surface area contributed by atoms with Crippen LogP contribution in [0.3, 0.4) is 0 Å². The highest BCUT2D eigenvalue weighted by molar-refractivity contribution is 5.49. The van der Waals surface area contributed by atoms with E-state index in [0.717, 1.165) is 5.56 Å². The van der Waals surface area contributed by atoms with Crippen molar-refractivity contribution in [2.75, 3.05) is 5.32 Å². The number of benzene rings is 1. The maximum absolute atomic E-state index is 13.6. The second-order valence-corrected chi connectivity index (χ2v) is 4.91. The zero-order valence-corrected chi connectivity index (χ0v) is 11.6. The molecule has 0 aliphatic carbocycles. The Kier molecular flexibility index (Phi) is 3.17. The minimum atomic E-state index is -0.335. The molecule has 1 aromatic carbocycles. The van der Waals surface area contributed by atoms with Gasteiger partial charge in [-0.2, -0.15) is 5.10 Å². The van der Waals surface area contributed by atoms with Gasteiger partial charge in [-0.25, -0.2) is 23.7 Å². The molecule has 108 valence electrons. The second-order valence-electron chi connectivity index (χ2n) is 4.91. The monoisotopic (exact) mass is 287 g/mol. The number of hydrogen-bond acceptors (Lipinski definition) is 4. The normalized spacial score (nSPS) is 12.5. The van der Waals surface area contributed by atoms with E-state index in [2.05, 4.69) is 20.5 Å². The average Bonchev–Trinajstić information content (AvgIpc) is 2.83. The summed E-state index contributed by atoms with van der Waals surface area (Å²) in [6, 6.07) is 6.64. The lowest BCUT2D eigenvalue weighted by Gasteiger charge is -2.15. The predicted molar refractivity (Wildman–Crippen MR) is 76.8 cm³/mol. The van der Waals surface area contributed by atoms with Gasteiger partial charge in [-0.15, -0.1) is 0 Å². The number of rotatable bonds is 3. The molecule has 0 spiro atoms. The molecule has 0 amide bonds.